The van der Waals surface area contributed by atoms with E-state index in [9.17, 15) is 14.4 Å². The third kappa shape index (κ3) is 18.2. The van der Waals surface area contributed by atoms with E-state index in [1.54, 1.807) is 0 Å². The van der Waals surface area contributed by atoms with E-state index in [2.05, 4.69) is 11.3 Å². The molecule has 0 rings (SSSR count). The molecule has 0 heterocycles. The molecule has 0 fully saturated rings. The zero-order valence-electron chi connectivity index (χ0n) is 9.14. The van der Waals surface area contributed by atoms with Crippen LogP contribution in [0, 0.1) is 0 Å². The van der Waals surface area contributed by atoms with Crippen LogP contribution >= 0.6 is 0 Å². The molecule has 92 valence electrons. The molecule has 0 saturated heterocycles. The van der Waals surface area contributed by atoms with Crippen LogP contribution in [0.3, 0.4) is 0 Å². The van der Waals surface area contributed by atoms with Crippen LogP contribution < -0.4 is 0 Å². The summed E-state index contributed by atoms with van der Waals surface area (Å²) >= 11 is 0. The number of esters is 1. The van der Waals surface area contributed by atoms with Gasteiger partial charge in [-0.1, -0.05) is 6.58 Å². The fraction of sp³-hybridized carbons (Fsp3) is 0.500. The highest BCUT2D eigenvalue weighted by molar-refractivity contribution is 5.93. The molecular formula is C10H16O6. The maximum atomic E-state index is 10.3. The maximum absolute atomic E-state index is 10.3. The zero-order valence-corrected chi connectivity index (χ0v) is 9.14. The van der Waals surface area contributed by atoms with E-state index < -0.39 is 11.9 Å². The molecule has 0 unspecified atom stereocenters. The van der Waals surface area contributed by atoms with Crippen molar-refractivity contribution in [1.82, 2.24) is 0 Å². The first-order valence-electron chi connectivity index (χ1n) is 4.55. The Morgan fingerprint density at radius 3 is 2.19 bits per heavy atom. The number of carbonyl (C=O) groups excluding carboxylic acids is 2. The minimum Gasteiger partial charge on any atom is -0.481 e. The minimum atomic E-state index is -1.06. The second-order valence-electron chi connectivity index (χ2n) is 2.72. The summed E-state index contributed by atoms with van der Waals surface area (Å²) in [5.41, 5.74) is 0. The second kappa shape index (κ2) is 11.4. The number of aliphatic carboxylic acids is 1. The van der Waals surface area contributed by atoms with Gasteiger partial charge in [-0.2, -0.15) is 0 Å². The molecule has 16 heavy (non-hydrogen) atoms. The van der Waals surface area contributed by atoms with Crippen molar-refractivity contribution in [3.05, 3.63) is 12.7 Å². The molecular weight excluding hydrogens is 216 g/mol. The molecule has 0 saturated carbocycles. The first kappa shape index (κ1) is 16.7. The van der Waals surface area contributed by atoms with Crippen LogP contribution in [-0.4, -0.2) is 41.1 Å². The maximum Gasteiger partial charge on any atom is 0.330 e. The van der Waals surface area contributed by atoms with E-state index in [0.717, 1.165) is 6.08 Å². The quantitative estimate of drug-likeness (QED) is 0.292. The molecule has 6 heteroatoms. The molecule has 0 bridgehead atoms. The number of aliphatic hydroxyl groups is 1. The van der Waals surface area contributed by atoms with Crippen LogP contribution in [0.1, 0.15) is 19.8 Å². The second-order valence-corrected chi connectivity index (χ2v) is 2.72. The average molecular weight is 232 g/mol. The summed E-state index contributed by atoms with van der Waals surface area (Å²) in [6.45, 7) is 4.76. The Hall–Kier alpha value is -1.69. The molecule has 6 nitrogen and oxygen atoms in total. The van der Waals surface area contributed by atoms with Crippen LogP contribution in [0.15, 0.2) is 12.7 Å². The topological polar surface area (TPSA) is 101 Å². The Kier molecular flexibility index (Phi) is 11.9. The summed E-state index contributed by atoms with van der Waals surface area (Å²) in [6.07, 6.45) is 1.22. The highest BCUT2D eigenvalue weighted by Crippen LogP contribution is 1.82. The molecule has 0 aromatic heterocycles. The lowest BCUT2D eigenvalue weighted by Gasteiger charge is -1.96. The van der Waals surface area contributed by atoms with Crippen molar-refractivity contribution in [2.24, 2.45) is 0 Å². The van der Waals surface area contributed by atoms with Gasteiger partial charge in [-0.3, -0.25) is 9.59 Å². The van der Waals surface area contributed by atoms with Gasteiger partial charge in [0.2, 0.25) is 0 Å². The van der Waals surface area contributed by atoms with Crippen molar-refractivity contribution < 1.29 is 29.3 Å². The highest BCUT2D eigenvalue weighted by atomic mass is 16.5. The minimum absolute atomic E-state index is 0.0461. The van der Waals surface area contributed by atoms with Crippen molar-refractivity contribution >= 4 is 17.7 Å². The molecule has 0 aliphatic heterocycles. The van der Waals surface area contributed by atoms with E-state index in [-0.39, 0.29) is 25.4 Å². The van der Waals surface area contributed by atoms with Gasteiger partial charge >= 0.3 is 11.9 Å². The zero-order chi connectivity index (χ0) is 13.0. The Labute approximate surface area is 93.5 Å². The predicted octanol–water partition coefficient (Wildman–Crippen LogP) is 0.148. The molecule has 2 N–H and O–H groups in total. The molecule has 0 amide bonds. The molecule has 0 aliphatic carbocycles. The first-order valence-corrected chi connectivity index (χ1v) is 4.55. The number of carboxylic acids is 1. The van der Waals surface area contributed by atoms with Crippen LogP contribution in [0.5, 0.6) is 0 Å². The summed E-state index contributed by atoms with van der Waals surface area (Å²) in [6, 6.07) is 0. The van der Waals surface area contributed by atoms with E-state index >= 15 is 0 Å². The van der Waals surface area contributed by atoms with Gasteiger partial charge < -0.3 is 14.9 Å². The van der Waals surface area contributed by atoms with Gasteiger partial charge in [0.05, 0.1) is 6.61 Å². The number of aliphatic hydroxyl groups excluding tert-OH is 1. The summed E-state index contributed by atoms with van der Waals surface area (Å²) in [7, 11) is 0. The van der Waals surface area contributed by atoms with Gasteiger partial charge in [0.25, 0.3) is 0 Å². The molecule has 0 spiro atoms. The summed E-state index contributed by atoms with van der Waals surface area (Å²) in [5.74, 6) is -1.82. The number of Topliss-reactive ketones (excluding diaryl/α,β-unsaturated/α-hetero) is 1. The SMILES string of the molecule is C=CC(=O)OCCCO.CC(=O)CC(=O)O. The number of rotatable bonds is 6. The highest BCUT2D eigenvalue weighted by Gasteiger charge is 1.98. The van der Waals surface area contributed by atoms with Crippen molar-refractivity contribution in [2.75, 3.05) is 13.2 Å². The van der Waals surface area contributed by atoms with Gasteiger partial charge in [0.1, 0.15) is 12.2 Å². The molecule has 0 atom stereocenters. The smallest absolute Gasteiger partial charge is 0.330 e. The summed E-state index contributed by atoms with van der Waals surface area (Å²) < 4.78 is 4.51. The van der Waals surface area contributed by atoms with Gasteiger partial charge in [0.15, 0.2) is 0 Å². The van der Waals surface area contributed by atoms with E-state index in [0.29, 0.717) is 6.42 Å². The Balaban J connectivity index is 0. The van der Waals surface area contributed by atoms with E-state index in [1.807, 2.05) is 0 Å². The molecule has 0 aliphatic rings. The van der Waals surface area contributed by atoms with Crippen LogP contribution in [0.25, 0.3) is 0 Å². The number of ketones is 1. The van der Waals surface area contributed by atoms with Crippen LogP contribution in [0.2, 0.25) is 0 Å². The average Bonchev–Trinajstić information content (AvgIpc) is 2.16. The van der Waals surface area contributed by atoms with Crippen LogP contribution in [0.4, 0.5) is 0 Å². The predicted molar refractivity (Wildman–Crippen MR) is 55.8 cm³/mol. The lowest BCUT2D eigenvalue weighted by molar-refractivity contribution is -0.140. The van der Waals surface area contributed by atoms with Crippen molar-refractivity contribution in [3.8, 4) is 0 Å². The third-order valence-electron chi connectivity index (χ3n) is 1.11. The summed E-state index contributed by atoms with van der Waals surface area (Å²) in [4.78, 5) is 29.7. The number of ether oxygens (including phenoxy) is 1. The molecule has 0 aromatic carbocycles. The Bertz CT molecular complexity index is 234. The monoisotopic (exact) mass is 232 g/mol. The first-order chi connectivity index (χ1) is 7.43. The van der Waals surface area contributed by atoms with Crippen molar-refractivity contribution in [2.45, 2.75) is 19.8 Å². The fourth-order valence-electron chi connectivity index (χ4n) is 0.509. The van der Waals surface area contributed by atoms with E-state index in [4.69, 9.17) is 10.2 Å². The molecule has 0 aromatic rings. The Morgan fingerprint density at radius 1 is 1.38 bits per heavy atom. The Morgan fingerprint density at radius 2 is 1.94 bits per heavy atom. The van der Waals surface area contributed by atoms with Crippen molar-refractivity contribution in [1.29, 1.82) is 0 Å². The summed E-state index contributed by atoms with van der Waals surface area (Å²) in [5, 5.41) is 16.1. The number of hydrogen-bond acceptors (Lipinski definition) is 5. The van der Waals surface area contributed by atoms with Crippen LogP contribution in [-0.2, 0) is 19.1 Å². The third-order valence-corrected chi connectivity index (χ3v) is 1.11. The number of hydrogen-bond donors (Lipinski definition) is 2. The van der Waals surface area contributed by atoms with Gasteiger partial charge in [0, 0.05) is 19.1 Å². The standard InChI is InChI=1S/C6H10O3.C4H6O3/c1-2-6(8)9-5-3-4-7;1-3(5)2-4(6)7/h2,7H,1,3-5H2;2H2,1H3,(H,6,7). The van der Waals surface area contributed by atoms with Gasteiger partial charge in [-0.05, 0) is 6.92 Å². The lowest BCUT2D eigenvalue weighted by atomic mass is 10.3. The van der Waals surface area contributed by atoms with Crippen molar-refractivity contribution in [3.63, 3.8) is 0 Å². The normalized spacial score (nSPS) is 8.38. The number of carboxylic acid groups (broad SMARTS) is 1. The van der Waals surface area contributed by atoms with E-state index in [1.165, 1.54) is 6.92 Å². The fourth-order valence-corrected chi connectivity index (χ4v) is 0.509. The largest absolute Gasteiger partial charge is 0.481 e. The lowest BCUT2D eigenvalue weighted by Crippen LogP contribution is -2.02. The number of carbonyl (C=O) groups is 3. The molecule has 0 radical (unpaired) electrons. The van der Waals surface area contributed by atoms with Gasteiger partial charge in [-0.25, -0.2) is 4.79 Å². The van der Waals surface area contributed by atoms with Gasteiger partial charge in [-0.15, -0.1) is 0 Å².